The Hall–Kier alpha value is -2.17. The maximum absolute atomic E-state index is 10.7. The maximum Gasteiger partial charge on any atom is 0.306 e. The van der Waals surface area contributed by atoms with Gasteiger partial charge in [0.15, 0.2) is 0 Å². The molecule has 0 aliphatic heterocycles. The lowest BCUT2D eigenvalue weighted by atomic mass is 10.1. The summed E-state index contributed by atoms with van der Waals surface area (Å²) in [5.41, 5.74) is 0.888. The van der Waals surface area contributed by atoms with Crippen LogP contribution in [0.15, 0.2) is 34.9 Å². The molecule has 1 unspecified atom stereocenters. The molecule has 0 aliphatic rings. The van der Waals surface area contributed by atoms with Gasteiger partial charge >= 0.3 is 5.97 Å². The second kappa shape index (κ2) is 5.44. The van der Waals surface area contributed by atoms with E-state index in [0.717, 1.165) is 5.56 Å². The van der Waals surface area contributed by atoms with E-state index in [-0.39, 0.29) is 0 Å². The maximum atomic E-state index is 10.7. The predicted octanol–water partition coefficient (Wildman–Crippen LogP) is 2.39. The van der Waals surface area contributed by atoms with Gasteiger partial charge in [-0.05, 0) is 6.42 Å². The molecule has 0 fully saturated rings. The van der Waals surface area contributed by atoms with E-state index in [2.05, 4.69) is 10.1 Å². The molecule has 2 rings (SSSR count). The molecule has 0 bridgehead atoms. The summed E-state index contributed by atoms with van der Waals surface area (Å²) in [5.74, 6) is -0.203. The van der Waals surface area contributed by atoms with Crippen molar-refractivity contribution in [2.45, 2.75) is 19.8 Å². The topological polar surface area (TPSA) is 76.2 Å². The third kappa shape index (κ3) is 2.94. The van der Waals surface area contributed by atoms with Gasteiger partial charge < -0.3 is 9.63 Å². The number of carboxylic acid groups (broad SMARTS) is 1. The van der Waals surface area contributed by atoms with Crippen molar-refractivity contribution in [2.24, 2.45) is 5.92 Å². The minimum atomic E-state index is -0.808. The fraction of sp³-hybridized carbons (Fsp3) is 0.308. The summed E-state index contributed by atoms with van der Waals surface area (Å²) in [6, 6.07) is 9.51. The summed E-state index contributed by atoms with van der Waals surface area (Å²) in [6.45, 7) is 1.66. The number of aliphatic carboxylic acids is 1. The van der Waals surface area contributed by atoms with Gasteiger partial charge in [0.2, 0.25) is 11.7 Å². The Morgan fingerprint density at radius 1 is 1.39 bits per heavy atom. The summed E-state index contributed by atoms with van der Waals surface area (Å²) in [7, 11) is 0. The molecule has 1 aromatic heterocycles. The Labute approximate surface area is 104 Å². The molecule has 1 atom stereocenters. The highest BCUT2D eigenvalue weighted by Crippen LogP contribution is 2.16. The molecule has 5 heteroatoms. The minimum Gasteiger partial charge on any atom is -0.481 e. The highest BCUT2D eigenvalue weighted by molar-refractivity contribution is 5.69. The summed E-state index contributed by atoms with van der Waals surface area (Å²) >= 11 is 0. The number of rotatable bonds is 5. The molecular weight excluding hydrogens is 232 g/mol. The molecule has 5 nitrogen and oxygen atoms in total. The zero-order valence-electron chi connectivity index (χ0n) is 10.0. The summed E-state index contributed by atoms with van der Waals surface area (Å²) < 4.78 is 5.10. The fourth-order valence-electron chi connectivity index (χ4n) is 1.52. The average molecular weight is 246 g/mol. The molecule has 0 amide bonds. The van der Waals surface area contributed by atoms with Crippen molar-refractivity contribution in [1.82, 2.24) is 10.1 Å². The standard InChI is InChI=1S/C13H14N2O3/c1-9(13(16)17)7-8-11-14-12(15-18-11)10-5-3-2-4-6-10/h2-6,9H,7-8H2,1H3,(H,16,17). The molecule has 0 spiro atoms. The second-order valence-electron chi connectivity index (χ2n) is 4.16. The van der Waals surface area contributed by atoms with E-state index >= 15 is 0 Å². The van der Waals surface area contributed by atoms with Crippen molar-refractivity contribution in [3.8, 4) is 11.4 Å². The molecule has 1 N–H and O–H groups in total. The van der Waals surface area contributed by atoms with Gasteiger partial charge in [-0.15, -0.1) is 0 Å². The van der Waals surface area contributed by atoms with E-state index < -0.39 is 11.9 Å². The largest absolute Gasteiger partial charge is 0.481 e. The summed E-state index contributed by atoms with van der Waals surface area (Å²) in [5, 5.41) is 12.7. The van der Waals surface area contributed by atoms with Gasteiger partial charge in [-0.1, -0.05) is 42.4 Å². The quantitative estimate of drug-likeness (QED) is 0.876. The number of benzene rings is 1. The van der Waals surface area contributed by atoms with Crippen LogP contribution in [0.4, 0.5) is 0 Å². The van der Waals surface area contributed by atoms with Gasteiger partial charge in [-0.2, -0.15) is 4.98 Å². The van der Waals surface area contributed by atoms with Gasteiger partial charge in [0, 0.05) is 12.0 Å². The van der Waals surface area contributed by atoms with Gasteiger partial charge in [-0.25, -0.2) is 0 Å². The van der Waals surface area contributed by atoms with Gasteiger partial charge in [0.1, 0.15) is 0 Å². The lowest BCUT2D eigenvalue weighted by Gasteiger charge is -2.01. The van der Waals surface area contributed by atoms with Crippen LogP contribution in [0, 0.1) is 5.92 Å². The molecular formula is C13H14N2O3. The molecule has 0 aliphatic carbocycles. The molecule has 1 aromatic carbocycles. The lowest BCUT2D eigenvalue weighted by molar-refractivity contribution is -0.141. The van der Waals surface area contributed by atoms with E-state index in [1.165, 1.54) is 0 Å². The molecule has 94 valence electrons. The zero-order chi connectivity index (χ0) is 13.0. The molecule has 0 saturated carbocycles. The first-order chi connectivity index (χ1) is 8.66. The number of nitrogens with zero attached hydrogens (tertiary/aromatic N) is 2. The number of carbonyl (C=O) groups is 1. The normalized spacial score (nSPS) is 12.3. The highest BCUT2D eigenvalue weighted by Gasteiger charge is 2.14. The number of aromatic nitrogens is 2. The molecule has 0 radical (unpaired) electrons. The van der Waals surface area contributed by atoms with Gasteiger partial charge in [0.05, 0.1) is 5.92 Å². The fourth-order valence-corrected chi connectivity index (χ4v) is 1.52. The van der Waals surface area contributed by atoms with Gasteiger partial charge in [-0.3, -0.25) is 4.79 Å². The summed E-state index contributed by atoms with van der Waals surface area (Å²) in [4.78, 5) is 14.9. The van der Waals surface area contributed by atoms with Crippen LogP contribution in [0.2, 0.25) is 0 Å². The van der Waals surface area contributed by atoms with E-state index in [0.29, 0.717) is 24.6 Å². The van der Waals surface area contributed by atoms with Crippen LogP contribution in [0.5, 0.6) is 0 Å². The van der Waals surface area contributed by atoms with Crippen LogP contribution in [-0.4, -0.2) is 21.2 Å². The van der Waals surface area contributed by atoms with Crippen LogP contribution in [-0.2, 0) is 11.2 Å². The number of carboxylic acids is 1. The number of aryl methyl sites for hydroxylation is 1. The molecule has 2 aromatic rings. The third-order valence-corrected chi connectivity index (χ3v) is 2.71. The average Bonchev–Trinajstić information content (AvgIpc) is 2.85. The van der Waals surface area contributed by atoms with Gasteiger partial charge in [0.25, 0.3) is 0 Å². The minimum absolute atomic E-state index is 0.405. The highest BCUT2D eigenvalue weighted by atomic mass is 16.5. The van der Waals surface area contributed by atoms with Crippen molar-refractivity contribution in [2.75, 3.05) is 0 Å². The smallest absolute Gasteiger partial charge is 0.306 e. The first-order valence-electron chi connectivity index (χ1n) is 5.77. The van der Waals surface area contributed by atoms with Crippen LogP contribution < -0.4 is 0 Å². The van der Waals surface area contributed by atoms with Crippen molar-refractivity contribution >= 4 is 5.97 Å². The van der Waals surface area contributed by atoms with Crippen molar-refractivity contribution in [3.63, 3.8) is 0 Å². The molecule has 0 saturated heterocycles. The summed E-state index contributed by atoms with van der Waals surface area (Å²) in [6.07, 6.45) is 0.971. The van der Waals surface area contributed by atoms with Crippen LogP contribution in [0.1, 0.15) is 19.2 Å². The van der Waals surface area contributed by atoms with Crippen molar-refractivity contribution < 1.29 is 14.4 Å². The monoisotopic (exact) mass is 246 g/mol. The molecule has 1 heterocycles. The van der Waals surface area contributed by atoms with E-state index in [9.17, 15) is 4.79 Å². The Morgan fingerprint density at radius 2 is 2.11 bits per heavy atom. The Morgan fingerprint density at radius 3 is 2.78 bits per heavy atom. The Bertz CT molecular complexity index is 522. The Balaban J connectivity index is 2.01. The SMILES string of the molecule is CC(CCc1nc(-c2ccccc2)no1)C(=O)O. The van der Waals surface area contributed by atoms with E-state index in [1.807, 2.05) is 30.3 Å². The zero-order valence-corrected chi connectivity index (χ0v) is 10.0. The lowest BCUT2D eigenvalue weighted by Crippen LogP contribution is -2.10. The predicted molar refractivity (Wildman–Crippen MR) is 64.9 cm³/mol. The van der Waals surface area contributed by atoms with Crippen LogP contribution in [0.25, 0.3) is 11.4 Å². The van der Waals surface area contributed by atoms with Crippen molar-refractivity contribution in [1.29, 1.82) is 0 Å². The second-order valence-corrected chi connectivity index (χ2v) is 4.16. The van der Waals surface area contributed by atoms with Crippen LogP contribution in [0.3, 0.4) is 0 Å². The third-order valence-electron chi connectivity index (χ3n) is 2.71. The van der Waals surface area contributed by atoms with E-state index in [1.54, 1.807) is 6.92 Å². The van der Waals surface area contributed by atoms with Crippen molar-refractivity contribution in [3.05, 3.63) is 36.2 Å². The van der Waals surface area contributed by atoms with Crippen LogP contribution >= 0.6 is 0 Å². The number of hydrogen-bond acceptors (Lipinski definition) is 4. The van der Waals surface area contributed by atoms with E-state index in [4.69, 9.17) is 9.63 Å². The number of hydrogen-bond donors (Lipinski definition) is 1. The Kier molecular flexibility index (Phi) is 3.72. The first-order valence-corrected chi connectivity index (χ1v) is 5.77. The first kappa shape index (κ1) is 12.3. The molecule has 18 heavy (non-hydrogen) atoms.